The first-order valence-corrected chi connectivity index (χ1v) is 6.09. The zero-order chi connectivity index (χ0) is 13.1. The lowest BCUT2D eigenvalue weighted by Gasteiger charge is -2.37. The van der Waals surface area contributed by atoms with E-state index in [2.05, 4.69) is 5.32 Å². The standard InChI is InChI=1S/C11H17N3O4/c15-9(13-3-1-4-13)7-14-5-2-12-11(18)8(14)6-10(16)17/h8H,1-7H2,(H,12,18)(H,16,17). The van der Waals surface area contributed by atoms with Gasteiger partial charge in [0.2, 0.25) is 11.8 Å². The molecule has 2 N–H and O–H groups in total. The molecule has 0 radical (unpaired) electrons. The van der Waals surface area contributed by atoms with Gasteiger partial charge in [-0.05, 0) is 6.42 Å². The van der Waals surface area contributed by atoms with Gasteiger partial charge in [-0.2, -0.15) is 0 Å². The second-order valence-electron chi connectivity index (χ2n) is 4.61. The maximum absolute atomic E-state index is 11.8. The number of carbonyl (C=O) groups is 3. The van der Waals surface area contributed by atoms with E-state index in [1.54, 1.807) is 9.80 Å². The van der Waals surface area contributed by atoms with Crippen molar-refractivity contribution in [3.8, 4) is 0 Å². The Morgan fingerprint density at radius 1 is 1.33 bits per heavy atom. The largest absolute Gasteiger partial charge is 0.481 e. The Balaban J connectivity index is 1.96. The van der Waals surface area contributed by atoms with E-state index in [0.29, 0.717) is 13.1 Å². The number of nitrogens with one attached hydrogen (secondary N) is 1. The number of carbonyl (C=O) groups excluding carboxylic acids is 2. The van der Waals surface area contributed by atoms with Gasteiger partial charge in [0.1, 0.15) is 6.04 Å². The summed E-state index contributed by atoms with van der Waals surface area (Å²) < 4.78 is 0. The fraction of sp³-hybridized carbons (Fsp3) is 0.727. The molecule has 0 spiro atoms. The highest BCUT2D eigenvalue weighted by Gasteiger charge is 2.34. The Morgan fingerprint density at radius 3 is 2.61 bits per heavy atom. The average molecular weight is 255 g/mol. The van der Waals surface area contributed by atoms with Crippen LogP contribution in [-0.2, 0) is 14.4 Å². The van der Waals surface area contributed by atoms with Crippen molar-refractivity contribution < 1.29 is 19.5 Å². The van der Waals surface area contributed by atoms with Crippen molar-refractivity contribution in [2.45, 2.75) is 18.9 Å². The van der Waals surface area contributed by atoms with Gasteiger partial charge in [-0.1, -0.05) is 0 Å². The van der Waals surface area contributed by atoms with E-state index in [9.17, 15) is 14.4 Å². The number of amides is 2. The molecule has 2 rings (SSSR count). The monoisotopic (exact) mass is 255 g/mol. The van der Waals surface area contributed by atoms with Crippen LogP contribution in [-0.4, -0.2) is 71.5 Å². The summed E-state index contributed by atoms with van der Waals surface area (Å²) in [6, 6.07) is -0.735. The molecule has 2 saturated heterocycles. The Hall–Kier alpha value is -1.63. The minimum atomic E-state index is -1.03. The van der Waals surface area contributed by atoms with Crippen molar-refractivity contribution >= 4 is 17.8 Å². The third-order valence-corrected chi connectivity index (χ3v) is 3.36. The molecule has 2 fully saturated rings. The molecule has 100 valence electrons. The molecule has 0 bridgehead atoms. The predicted molar refractivity (Wildman–Crippen MR) is 61.8 cm³/mol. The van der Waals surface area contributed by atoms with E-state index < -0.39 is 12.0 Å². The molecule has 0 aromatic rings. The molecule has 0 saturated carbocycles. The lowest BCUT2D eigenvalue weighted by atomic mass is 10.1. The van der Waals surface area contributed by atoms with E-state index in [4.69, 9.17) is 5.11 Å². The minimum absolute atomic E-state index is 0.0219. The van der Waals surface area contributed by atoms with Gasteiger partial charge in [0.05, 0.1) is 13.0 Å². The summed E-state index contributed by atoms with van der Waals surface area (Å²) in [4.78, 5) is 37.6. The summed E-state index contributed by atoms with van der Waals surface area (Å²) in [5.74, 6) is -1.36. The van der Waals surface area contributed by atoms with Gasteiger partial charge < -0.3 is 15.3 Å². The summed E-state index contributed by atoms with van der Waals surface area (Å²) in [5.41, 5.74) is 0. The molecule has 1 unspecified atom stereocenters. The number of hydrogen-bond donors (Lipinski definition) is 2. The fourth-order valence-electron chi connectivity index (χ4n) is 2.18. The Morgan fingerprint density at radius 2 is 2.06 bits per heavy atom. The third kappa shape index (κ3) is 2.79. The first kappa shape index (κ1) is 12.8. The van der Waals surface area contributed by atoms with Gasteiger partial charge in [0.25, 0.3) is 0 Å². The van der Waals surface area contributed by atoms with Crippen molar-refractivity contribution in [3.63, 3.8) is 0 Å². The van der Waals surface area contributed by atoms with Gasteiger partial charge in [-0.3, -0.25) is 19.3 Å². The van der Waals surface area contributed by atoms with Crippen LogP contribution in [0.5, 0.6) is 0 Å². The third-order valence-electron chi connectivity index (χ3n) is 3.36. The van der Waals surface area contributed by atoms with Crippen LogP contribution in [0.15, 0.2) is 0 Å². The SMILES string of the molecule is O=C(O)CC1C(=O)NCCN1CC(=O)N1CCC1. The molecule has 18 heavy (non-hydrogen) atoms. The second kappa shape index (κ2) is 5.34. The van der Waals surface area contributed by atoms with Crippen LogP contribution in [0.3, 0.4) is 0 Å². The molecule has 2 amide bonds. The number of aliphatic carboxylic acids is 1. The van der Waals surface area contributed by atoms with Gasteiger partial charge >= 0.3 is 5.97 Å². The molecule has 2 heterocycles. The van der Waals surface area contributed by atoms with Gasteiger partial charge in [-0.25, -0.2) is 0 Å². The summed E-state index contributed by atoms with van der Waals surface area (Å²) in [5, 5.41) is 11.4. The highest BCUT2D eigenvalue weighted by molar-refractivity contribution is 5.88. The maximum atomic E-state index is 11.8. The summed E-state index contributed by atoms with van der Waals surface area (Å²) in [7, 11) is 0. The summed E-state index contributed by atoms with van der Waals surface area (Å²) >= 11 is 0. The summed E-state index contributed by atoms with van der Waals surface area (Å²) in [6.07, 6.45) is 0.754. The average Bonchev–Trinajstić information content (AvgIpc) is 2.20. The van der Waals surface area contributed by atoms with Gasteiger partial charge in [-0.15, -0.1) is 0 Å². The van der Waals surface area contributed by atoms with E-state index >= 15 is 0 Å². The van der Waals surface area contributed by atoms with Crippen LogP contribution in [0.1, 0.15) is 12.8 Å². The number of hydrogen-bond acceptors (Lipinski definition) is 4. The predicted octanol–water partition coefficient (Wildman–Crippen LogP) is -1.51. The van der Waals surface area contributed by atoms with Crippen LogP contribution in [0.4, 0.5) is 0 Å². The van der Waals surface area contributed by atoms with Crippen LogP contribution in [0.2, 0.25) is 0 Å². The van der Waals surface area contributed by atoms with Crippen molar-refractivity contribution in [2.24, 2.45) is 0 Å². The lowest BCUT2D eigenvalue weighted by Crippen LogP contribution is -2.59. The fourth-order valence-corrected chi connectivity index (χ4v) is 2.18. The Bertz CT molecular complexity index is 367. The molecular formula is C11H17N3O4. The molecule has 0 aliphatic carbocycles. The molecule has 2 aliphatic rings. The van der Waals surface area contributed by atoms with E-state index in [0.717, 1.165) is 19.5 Å². The van der Waals surface area contributed by atoms with E-state index in [-0.39, 0.29) is 24.8 Å². The highest BCUT2D eigenvalue weighted by Crippen LogP contribution is 2.12. The molecule has 0 aromatic carbocycles. The molecule has 2 aliphatic heterocycles. The number of likely N-dealkylation sites (tertiary alicyclic amines) is 1. The number of piperazine rings is 1. The van der Waals surface area contributed by atoms with Crippen molar-refractivity contribution in [1.29, 1.82) is 0 Å². The molecule has 1 atom stereocenters. The van der Waals surface area contributed by atoms with Crippen LogP contribution in [0, 0.1) is 0 Å². The minimum Gasteiger partial charge on any atom is -0.481 e. The molecule has 0 aromatic heterocycles. The van der Waals surface area contributed by atoms with Gasteiger partial charge in [0.15, 0.2) is 0 Å². The first-order valence-electron chi connectivity index (χ1n) is 6.09. The molecule has 7 heteroatoms. The maximum Gasteiger partial charge on any atom is 0.305 e. The van der Waals surface area contributed by atoms with Crippen LogP contribution < -0.4 is 5.32 Å². The smallest absolute Gasteiger partial charge is 0.305 e. The van der Waals surface area contributed by atoms with Gasteiger partial charge in [0, 0.05) is 26.2 Å². The first-order chi connectivity index (χ1) is 8.58. The highest BCUT2D eigenvalue weighted by atomic mass is 16.4. The quantitative estimate of drug-likeness (QED) is 0.637. The van der Waals surface area contributed by atoms with Crippen LogP contribution in [0.25, 0.3) is 0 Å². The van der Waals surface area contributed by atoms with Crippen LogP contribution >= 0.6 is 0 Å². The number of nitrogens with zero attached hydrogens (tertiary/aromatic N) is 2. The van der Waals surface area contributed by atoms with E-state index in [1.165, 1.54) is 0 Å². The molecular weight excluding hydrogens is 238 g/mol. The normalized spacial score (nSPS) is 24.3. The Labute approximate surface area is 105 Å². The topological polar surface area (TPSA) is 89.9 Å². The number of rotatable bonds is 4. The number of carboxylic acids is 1. The van der Waals surface area contributed by atoms with Crippen molar-refractivity contribution in [2.75, 3.05) is 32.7 Å². The second-order valence-corrected chi connectivity index (χ2v) is 4.61. The van der Waals surface area contributed by atoms with Crippen molar-refractivity contribution in [1.82, 2.24) is 15.1 Å². The van der Waals surface area contributed by atoms with E-state index in [1.807, 2.05) is 0 Å². The van der Waals surface area contributed by atoms with Crippen molar-refractivity contribution in [3.05, 3.63) is 0 Å². The lowest BCUT2D eigenvalue weighted by molar-refractivity contribution is -0.146. The zero-order valence-corrected chi connectivity index (χ0v) is 10.1. The Kier molecular flexibility index (Phi) is 3.81. The number of carboxylic acid groups (broad SMARTS) is 1. The molecule has 7 nitrogen and oxygen atoms in total. The summed E-state index contributed by atoms with van der Waals surface area (Å²) in [6.45, 7) is 2.64. The zero-order valence-electron chi connectivity index (χ0n) is 10.1.